The highest BCUT2D eigenvalue weighted by Gasteiger charge is 1.93. The molecule has 5 N–H and O–H groups in total. The van der Waals surface area contributed by atoms with E-state index >= 15 is 0 Å². The van der Waals surface area contributed by atoms with Crippen LogP contribution in [0.5, 0.6) is 0 Å². The second kappa shape index (κ2) is 2.53. The zero-order valence-electron chi connectivity index (χ0n) is 5.42. The van der Waals surface area contributed by atoms with Crippen molar-refractivity contribution in [2.24, 2.45) is 5.73 Å². The summed E-state index contributed by atoms with van der Waals surface area (Å²) >= 11 is 0. The average Bonchev–Trinajstić information content (AvgIpc) is 1.95. The molecule has 10 heavy (non-hydrogen) atoms. The Labute approximate surface area is 57.9 Å². The van der Waals surface area contributed by atoms with E-state index in [0.717, 1.165) is 0 Å². The molecule has 0 spiro atoms. The maximum absolute atomic E-state index is 10.8. The van der Waals surface area contributed by atoms with Gasteiger partial charge in [0.1, 0.15) is 0 Å². The number of aromatic amines is 1. The number of pyridine rings is 1. The zero-order valence-corrected chi connectivity index (χ0v) is 5.42. The smallest absolute Gasteiger partial charge is 0.204 e. The van der Waals surface area contributed by atoms with Gasteiger partial charge in [0, 0.05) is 24.5 Å². The molecule has 1 rings (SSSR count). The molecule has 0 fully saturated rings. The molecule has 0 bridgehead atoms. The largest absolute Gasteiger partial charge is 0.394 e. The van der Waals surface area contributed by atoms with Crippen molar-refractivity contribution in [1.82, 2.24) is 4.98 Å². The van der Waals surface area contributed by atoms with Gasteiger partial charge in [0.15, 0.2) is 0 Å². The predicted octanol–water partition coefficient (Wildman–Crippen LogP) is -0.584. The molecule has 1 heterocycles. The van der Waals surface area contributed by atoms with Crippen LogP contribution >= 0.6 is 0 Å². The summed E-state index contributed by atoms with van der Waals surface area (Å²) in [7, 11) is 0. The second-order valence-electron chi connectivity index (χ2n) is 1.98. The highest BCUT2D eigenvalue weighted by molar-refractivity contribution is 5.34. The fraction of sp³-hybridized carbons (Fsp3) is 0.167. The molecule has 4 nitrogen and oxygen atoms in total. The molecule has 4 heteroatoms. The Morgan fingerprint density at radius 3 is 2.80 bits per heavy atom. The Morgan fingerprint density at radius 2 is 2.30 bits per heavy atom. The fourth-order valence-corrected chi connectivity index (χ4v) is 0.643. The maximum Gasteiger partial charge on any atom is 0.204 e. The van der Waals surface area contributed by atoms with Gasteiger partial charge >= 0.3 is 0 Å². The predicted molar refractivity (Wildman–Crippen MR) is 39.4 cm³/mol. The highest BCUT2D eigenvalue weighted by Crippen LogP contribution is 1.91. The Balaban J connectivity index is 3.17. The molecule has 0 aliphatic rings. The number of aromatic nitrogens is 1. The van der Waals surface area contributed by atoms with Gasteiger partial charge < -0.3 is 16.5 Å². The SMILES string of the molecule is NCc1cc(=O)c(N)c[nH]1. The van der Waals surface area contributed by atoms with E-state index in [9.17, 15) is 4.79 Å². The Kier molecular flexibility index (Phi) is 1.73. The van der Waals surface area contributed by atoms with Crippen LogP contribution in [-0.2, 0) is 6.54 Å². The minimum Gasteiger partial charge on any atom is -0.394 e. The summed E-state index contributed by atoms with van der Waals surface area (Å²) in [6.45, 7) is 0.329. The minimum atomic E-state index is -0.181. The molecule has 54 valence electrons. The summed E-state index contributed by atoms with van der Waals surface area (Å²) in [5.74, 6) is 0. The monoisotopic (exact) mass is 139 g/mol. The molecule has 0 aliphatic heterocycles. The normalized spacial score (nSPS) is 9.70. The zero-order chi connectivity index (χ0) is 7.56. The van der Waals surface area contributed by atoms with Crippen molar-refractivity contribution in [2.45, 2.75) is 6.54 Å². The third-order valence-electron chi connectivity index (χ3n) is 1.22. The van der Waals surface area contributed by atoms with Crippen LogP contribution in [0, 0.1) is 0 Å². The number of rotatable bonds is 1. The highest BCUT2D eigenvalue weighted by atomic mass is 16.1. The van der Waals surface area contributed by atoms with Gasteiger partial charge in [-0.15, -0.1) is 0 Å². The van der Waals surface area contributed by atoms with Crippen LogP contribution in [0.1, 0.15) is 5.69 Å². The minimum absolute atomic E-state index is 0.181. The lowest BCUT2D eigenvalue weighted by Crippen LogP contribution is -2.11. The summed E-state index contributed by atoms with van der Waals surface area (Å²) in [6, 6.07) is 1.40. The van der Waals surface area contributed by atoms with Gasteiger partial charge in [0.05, 0.1) is 5.69 Å². The number of hydrogen-bond donors (Lipinski definition) is 3. The van der Waals surface area contributed by atoms with Crippen molar-refractivity contribution in [3.63, 3.8) is 0 Å². The number of nitrogen functional groups attached to an aromatic ring is 1. The summed E-state index contributed by atoms with van der Waals surface area (Å²) in [5, 5.41) is 0. The molecule has 0 amide bonds. The molecule has 0 aliphatic carbocycles. The van der Waals surface area contributed by atoms with Crippen molar-refractivity contribution in [1.29, 1.82) is 0 Å². The van der Waals surface area contributed by atoms with E-state index in [1.807, 2.05) is 0 Å². The van der Waals surface area contributed by atoms with E-state index < -0.39 is 0 Å². The molecule has 0 saturated carbocycles. The van der Waals surface area contributed by atoms with E-state index in [4.69, 9.17) is 11.5 Å². The maximum atomic E-state index is 10.8. The number of H-pyrrole nitrogens is 1. The van der Waals surface area contributed by atoms with Crippen LogP contribution < -0.4 is 16.9 Å². The first-order valence-electron chi connectivity index (χ1n) is 2.91. The molecular formula is C6H9N3O. The van der Waals surface area contributed by atoms with Crippen LogP contribution in [0.4, 0.5) is 5.69 Å². The quantitative estimate of drug-likeness (QED) is 0.486. The van der Waals surface area contributed by atoms with Crippen LogP contribution in [0.15, 0.2) is 17.1 Å². The summed E-state index contributed by atoms with van der Waals surface area (Å²) < 4.78 is 0. The Hall–Kier alpha value is -1.29. The second-order valence-corrected chi connectivity index (χ2v) is 1.98. The van der Waals surface area contributed by atoms with Crippen LogP contribution in [-0.4, -0.2) is 4.98 Å². The number of anilines is 1. The van der Waals surface area contributed by atoms with E-state index in [2.05, 4.69) is 4.98 Å². The lowest BCUT2D eigenvalue weighted by Gasteiger charge is -1.95. The Morgan fingerprint density at radius 1 is 1.60 bits per heavy atom. The standard InChI is InChI=1S/C6H9N3O/c7-2-4-1-6(10)5(8)3-9-4/h1,3H,2,7-8H2,(H,9,10). The van der Waals surface area contributed by atoms with Gasteiger partial charge in [-0.3, -0.25) is 4.79 Å². The molecule has 0 radical (unpaired) electrons. The first-order valence-corrected chi connectivity index (χ1v) is 2.91. The van der Waals surface area contributed by atoms with Crippen LogP contribution in [0.2, 0.25) is 0 Å². The van der Waals surface area contributed by atoms with E-state index in [1.54, 1.807) is 0 Å². The molecule has 1 aromatic rings. The molecule has 1 aromatic heterocycles. The molecule has 0 aromatic carbocycles. The van der Waals surface area contributed by atoms with E-state index in [1.165, 1.54) is 12.3 Å². The molecular weight excluding hydrogens is 130 g/mol. The van der Waals surface area contributed by atoms with Gasteiger partial charge in [-0.2, -0.15) is 0 Å². The van der Waals surface area contributed by atoms with Crippen LogP contribution in [0.25, 0.3) is 0 Å². The van der Waals surface area contributed by atoms with Gasteiger partial charge in [0.2, 0.25) is 5.43 Å². The van der Waals surface area contributed by atoms with E-state index in [0.29, 0.717) is 12.2 Å². The number of nitrogens with two attached hydrogens (primary N) is 2. The summed E-state index contributed by atoms with van der Waals surface area (Å²) in [6.07, 6.45) is 1.45. The van der Waals surface area contributed by atoms with Crippen molar-refractivity contribution < 1.29 is 0 Å². The van der Waals surface area contributed by atoms with Crippen molar-refractivity contribution >= 4 is 5.69 Å². The van der Waals surface area contributed by atoms with Crippen molar-refractivity contribution in [3.8, 4) is 0 Å². The first-order chi connectivity index (χ1) is 4.74. The van der Waals surface area contributed by atoms with Crippen LogP contribution in [0.3, 0.4) is 0 Å². The first kappa shape index (κ1) is 6.82. The number of hydrogen-bond acceptors (Lipinski definition) is 3. The van der Waals surface area contributed by atoms with Gasteiger partial charge in [-0.25, -0.2) is 0 Å². The van der Waals surface area contributed by atoms with Crippen molar-refractivity contribution in [2.75, 3.05) is 5.73 Å². The third kappa shape index (κ3) is 1.16. The fourth-order valence-electron chi connectivity index (χ4n) is 0.643. The summed E-state index contributed by atoms with van der Waals surface area (Å²) in [5.41, 5.74) is 11.2. The Bertz CT molecular complexity index is 279. The van der Waals surface area contributed by atoms with Gasteiger partial charge in [0.25, 0.3) is 0 Å². The van der Waals surface area contributed by atoms with E-state index in [-0.39, 0.29) is 11.1 Å². The van der Waals surface area contributed by atoms with Gasteiger partial charge in [-0.05, 0) is 0 Å². The lowest BCUT2D eigenvalue weighted by molar-refractivity contribution is 0.987. The third-order valence-corrected chi connectivity index (χ3v) is 1.22. The van der Waals surface area contributed by atoms with Gasteiger partial charge in [-0.1, -0.05) is 0 Å². The molecule has 0 unspecified atom stereocenters. The molecule has 0 saturated heterocycles. The summed E-state index contributed by atoms with van der Waals surface area (Å²) in [4.78, 5) is 13.6. The lowest BCUT2D eigenvalue weighted by atomic mass is 10.3. The number of nitrogens with one attached hydrogen (secondary N) is 1. The van der Waals surface area contributed by atoms with Crippen molar-refractivity contribution in [3.05, 3.63) is 28.2 Å². The molecule has 0 atom stereocenters. The topological polar surface area (TPSA) is 84.9 Å². The average molecular weight is 139 g/mol.